The van der Waals surface area contributed by atoms with Crippen molar-refractivity contribution in [3.8, 4) is 0 Å². The van der Waals surface area contributed by atoms with Crippen molar-refractivity contribution in [2.45, 2.75) is 26.4 Å². The van der Waals surface area contributed by atoms with Gasteiger partial charge in [0.05, 0.1) is 6.54 Å². The number of thiophene rings is 1. The summed E-state index contributed by atoms with van der Waals surface area (Å²) in [6, 6.07) is 7.42. The molecule has 2 aromatic rings. The molecular formula is C14H17N3OS. The van der Waals surface area contributed by atoms with Crippen molar-refractivity contribution in [2.75, 3.05) is 5.73 Å². The largest absolute Gasteiger partial charge is 0.399 e. The predicted octanol–water partition coefficient (Wildman–Crippen LogP) is 2.78. The van der Waals surface area contributed by atoms with E-state index in [-0.39, 0.29) is 11.9 Å². The molecule has 100 valence electrons. The second-order valence-electron chi connectivity index (χ2n) is 4.58. The molecule has 19 heavy (non-hydrogen) atoms. The van der Waals surface area contributed by atoms with Gasteiger partial charge in [-0.1, -0.05) is 6.07 Å². The molecule has 0 fully saturated rings. The number of hydrogen-bond donors (Lipinski definition) is 1. The molecule has 2 rings (SSSR count). The van der Waals surface area contributed by atoms with E-state index >= 15 is 0 Å². The van der Waals surface area contributed by atoms with Crippen LogP contribution < -0.4 is 5.73 Å². The van der Waals surface area contributed by atoms with Gasteiger partial charge in [0.15, 0.2) is 0 Å². The van der Waals surface area contributed by atoms with E-state index < -0.39 is 0 Å². The third-order valence-electron chi connectivity index (χ3n) is 2.79. The highest BCUT2D eigenvalue weighted by atomic mass is 32.1. The summed E-state index contributed by atoms with van der Waals surface area (Å²) in [7, 11) is 0. The molecule has 0 radical (unpaired) electrons. The lowest BCUT2D eigenvalue weighted by Gasteiger charge is -2.26. The standard InChI is InChI=1S/C14H17N3OS/c1-10(2)17(9-12-4-3-7-19-12)14(18)13-8-11(15)5-6-16-13/h3-8,10H,9H2,1-2H3,(H2,15,16). The number of carbonyl (C=O) groups is 1. The van der Waals surface area contributed by atoms with E-state index in [0.717, 1.165) is 4.88 Å². The predicted molar refractivity (Wildman–Crippen MR) is 78.0 cm³/mol. The number of rotatable bonds is 4. The van der Waals surface area contributed by atoms with E-state index in [9.17, 15) is 4.79 Å². The Morgan fingerprint density at radius 1 is 1.47 bits per heavy atom. The van der Waals surface area contributed by atoms with Crippen LogP contribution in [0.25, 0.3) is 0 Å². The average Bonchev–Trinajstić information content (AvgIpc) is 2.87. The second-order valence-corrected chi connectivity index (χ2v) is 5.61. The molecule has 0 aliphatic carbocycles. The van der Waals surface area contributed by atoms with E-state index in [1.54, 1.807) is 34.6 Å². The first-order chi connectivity index (χ1) is 9.08. The first kappa shape index (κ1) is 13.5. The van der Waals surface area contributed by atoms with Crippen molar-refractivity contribution in [3.63, 3.8) is 0 Å². The lowest BCUT2D eigenvalue weighted by Crippen LogP contribution is -2.36. The van der Waals surface area contributed by atoms with Gasteiger partial charge in [-0.3, -0.25) is 9.78 Å². The van der Waals surface area contributed by atoms with Gasteiger partial charge in [-0.25, -0.2) is 0 Å². The minimum atomic E-state index is -0.0873. The molecule has 0 saturated carbocycles. The summed E-state index contributed by atoms with van der Waals surface area (Å²) in [6.45, 7) is 4.60. The van der Waals surface area contributed by atoms with Crippen molar-refractivity contribution in [1.82, 2.24) is 9.88 Å². The van der Waals surface area contributed by atoms with Crippen LogP contribution >= 0.6 is 11.3 Å². The number of nitrogen functional groups attached to an aromatic ring is 1. The molecule has 0 aliphatic heterocycles. The maximum atomic E-state index is 12.5. The van der Waals surface area contributed by atoms with Gasteiger partial charge in [-0.2, -0.15) is 0 Å². The molecular weight excluding hydrogens is 258 g/mol. The topological polar surface area (TPSA) is 59.2 Å². The van der Waals surface area contributed by atoms with Crippen molar-refractivity contribution in [2.24, 2.45) is 0 Å². The summed E-state index contributed by atoms with van der Waals surface area (Å²) in [5.74, 6) is -0.0873. The van der Waals surface area contributed by atoms with Crippen LogP contribution in [-0.2, 0) is 6.54 Å². The third-order valence-corrected chi connectivity index (χ3v) is 3.65. The lowest BCUT2D eigenvalue weighted by atomic mass is 10.2. The normalized spacial score (nSPS) is 10.7. The van der Waals surface area contributed by atoms with E-state index in [1.807, 2.05) is 31.4 Å². The summed E-state index contributed by atoms with van der Waals surface area (Å²) in [5.41, 5.74) is 6.65. The Balaban J connectivity index is 2.21. The lowest BCUT2D eigenvalue weighted by molar-refractivity contribution is 0.0686. The number of pyridine rings is 1. The molecule has 0 spiro atoms. The van der Waals surface area contributed by atoms with Crippen molar-refractivity contribution in [3.05, 3.63) is 46.4 Å². The van der Waals surface area contributed by atoms with Crippen molar-refractivity contribution >= 4 is 22.9 Å². The highest BCUT2D eigenvalue weighted by Crippen LogP contribution is 2.16. The van der Waals surface area contributed by atoms with Crippen molar-refractivity contribution < 1.29 is 4.79 Å². The number of hydrogen-bond acceptors (Lipinski definition) is 4. The van der Waals surface area contributed by atoms with Crippen LogP contribution in [0.2, 0.25) is 0 Å². The van der Waals surface area contributed by atoms with Gasteiger partial charge in [-0.05, 0) is 37.4 Å². The number of carbonyl (C=O) groups excluding carboxylic acids is 1. The first-order valence-electron chi connectivity index (χ1n) is 6.13. The van der Waals surface area contributed by atoms with Gasteiger partial charge >= 0.3 is 0 Å². The number of aromatic nitrogens is 1. The molecule has 0 unspecified atom stereocenters. The molecule has 2 N–H and O–H groups in total. The van der Waals surface area contributed by atoms with Crippen LogP contribution in [0.1, 0.15) is 29.2 Å². The van der Waals surface area contributed by atoms with E-state index in [4.69, 9.17) is 5.73 Å². The molecule has 4 nitrogen and oxygen atoms in total. The summed E-state index contributed by atoms with van der Waals surface area (Å²) < 4.78 is 0. The quantitative estimate of drug-likeness (QED) is 0.933. The second kappa shape index (κ2) is 5.84. The van der Waals surface area contributed by atoms with Crippen LogP contribution in [0.15, 0.2) is 35.8 Å². The number of anilines is 1. The zero-order chi connectivity index (χ0) is 13.8. The summed E-state index contributed by atoms with van der Waals surface area (Å²) >= 11 is 1.65. The molecule has 0 aromatic carbocycles. The maximum Gasteiger partial charge on any atom is 0.273 e. The minimum Gasteiger partial charge on any atom is -0.399 e. The molecule has 0 aliphatic rings. The van der Waals surface area contributed by atoms with Crippen LogP contribution in [-0.4, -0.2) is 21.8 Å². The van der Waals surface area contributed by atoms with Crippen LogP contribution in [0.5, 0.6) is 0 Å². The third kappa shape index (κ3) is 3.32. The van der Waals surface area contributed by atoms with Gasteiger partial charge < -0.3 is 10.6 Å². The van der Waals surface area contributed by atoms with E-state index in [2.05, 4.69) is 4.98 Å². The Bertz CT molecular complexity index is 552. The van der Waals surface area contributed by atoms with Crippen LogP contribution in [0.4, 0.5) is 5.69 Å². The average molecular weight is 275 g/mol. The summed E-state index contributed by atoms with van der Waals surface area (Å²) in [6.07, 6.45) is 1.56. The number of nitrogens with zero attached hydrogens (tertiary/aromatic N) is 2. The van der Waals surface area contributed by atoms with Gasteiger partial charge in [0, 0.05) is 22.8 Å². The zero-order valence-corrected chi connectivity index (χ0v) is 11.9. The molecule has 1 amide bonds. The molecule has 0 atom stereocenters. The molecule has 0 saturated heterocycles. The Morgan fingerprint density at radius 3 is 2.84 bits per heavy atom. The van der Waals surface area contributed by atoms with E-state index in [1.165, 1.54) is 0 Å². The summed E-state index contributed by atoms with van der Waals surface area (Å²) in [4.78, 5) is 19.5. The summed E-state index contributed by atoms with van der Waals surface area (Å²) in [5, 5.41) is 2.01. The maximum absolute atomic E-state index is 12.5. The van der Waals surface area contributed by atoms with Crippen LogP contribution in [0.3, 0.4) is 0 Å². The van der Waals surface area contributed by atoms with Gasteiger partial charge in [0.2, 0.25) is 0 Å². The van der Waals surface area contributed by atoms with Gasteiger partial charge in [-0.15, -0.1) is 11.3 Å². The Kier molecular flexibility index (Phi) is 4.16. The monoisotopic (exact) mass is 275 g/mol. The van der Waals surface area contributed by atoms with Gasteiger partial charge in [0.25, 0.3) is 5.91 Å². The molecule has 0 bridgehead atoms. The molecule has 5 heteroatoms. The number of amides is 1. The Morgan fingerprint density at radius 2 is 2.26 bits per heavy atom. The van der Waals surface area contributed by atoms with E-state index in [0.29, 0.717) is 17.9 Å². The highest BCUT2D eigenvalue weighted by Gasteiger charge is 2.20. The highest BCUT2D eigenvalue weighted by molar-refractivity contribution is 7.09. The van der Waals surface area contributed by atoms with Crippen molar-refractivity contribution in [1.29, 1.82) is 0 Å². The Labute approximate surface area is 116 Å². The fourth-order valence-corrected chi connectivity index (χ4v) is 2.47. The zero-order valence-electron chi connectivity index (χ0n) is 11.0. The first-order valence-corrected chi connectivity index (χ1v) is 7.01. The molecule has 2 heterocycles. The van der Waals surface area contributed by atoms with Crippen LogP contribution in [0, 0.1) is 0 Å². The SMILES string of the molecule is CC(C)N(Cc1cccs1)C(=O)c1cc(N)ccn1. The fraction of sp³-hybridized carbons (Fsp3) is 0.286. The van der Waals surface area contributed by atoms with Gasteiger partial charge in [0.1, 0.15) is 5.69 Å². The smallest absolute Gasteiger partial charge is 0.273 e. The Hall–Kier alpha value is -1.88. The molecule has 2 aromatic heterocycles. The number of nitrogens with two attached hydrogens (primary N) is 1. The fourth-order valence-electron chi connectivity index (χ4n) is 1.77. The minimum absolute atomic E-state index is 0.0873.